The van der Waals surface area contributed by atoms with Crippen LogP contribution in [-0.2, 0) is 4.79 Å². The Labute approximate surface area is 188 Å². The van der Waals surface area contributed by atoms with Crippen LogP contribution in [0.25, 0.3) is 5.70 Å². The lowest BCUT2D eigenvalue weighted by Gasteiger charge is -2.45. The van der Waals surface area contributed by atoms with Crippen molar-refractivity contribution in [2.45, 2.75) is 51.5 Å². The highest BCUT2D eigenvalue weighted by molar-refractivity contribution is 6.23. The summed E-state index contributed by atoms with van der Waals surface area (Å²) in [6.07, 6.45) is 3.57. The zero-order valence-corrected chi connectivity index (χ0v) is 18.8. The number of methoxy groups -OCH3 is 1. The van der Waals surface area contributed by atoms with Gasteiger partial charge in [0.1, 0.15) is 5.75 Å². The fourth-order valence-electron chi connectivity index (χ4n) is 5.80. The summed E-state index contributed by atoms with van der Waals surface area (Å²) < 4.78 is 5.36. The smallest absolute Gasteiger partial charge is 0.192 e. The molecule has 4 aliphatic rings. The number of hydrogen-bond donors (Lipinski definition) is 0. The quantitative estimate of drug-likeness (QED) is 0.651. The number of ether oxygens (including phenoxy) is 1. The van der Waals surface area contributed by atoms with E-state index in [4.69, 9.17) is 4.74 Å². The van der Waals surface area contributed by atoms with Crippen LogP contribution in [-0.4, -0.2) is 29.6 Å². The van der Waals surface area contributed by atoms with Gasteiger partial charge in [-0.05, 0) is 42.4 Å². The van der Waals surface area contributed by atoms with Crippen molar-refractivity contribution in [1.82, 2.24) is 4.90 Å². The molecule has 1 aliphatic heterocycles. The predicted molar refractivity (Wildman–Crippen MR) is 123 cm³/mol. The highest BCUT2D eigenvalue weighted by Crippen LogP contribution is 2.57. The molecule has 0 radical (unpaired) electrons. The Hall–Kier alpha value is -3.14. The summed E-state index contributed by atoms with van der Waals surface area (Å²) in [5.41, 5.74) is 6.45. The van der Waals surface area contributed by atoms with Crippen LogP contribution in [0.4, 0.5) is 0 Å². The minimum Gasteiger partial charge on any atom is -0.497 e. The topological polar surface area (TPSA) is 46.6 Å². The van der Waals surface area contributed by atoms with Gasteiger partial charge in [0, 0.05) is 46.4 Å². The van der Waals surface area contributed by atoms with Gasteiger partial charge >= 0.3 is 0 Å². The first-order chi connectivity index (χ1) is 15.4. The Morgan fingerprint density at radius 2 is 1.59 bits per heavy atom. The summed E-state index contributed by atoms with van der Waals surface area (Å²) in [5.74, 6) is 0.679. The van der Waals surface area contributed by atoms with E-state index >= 15 is 0 Å². The van der Waals surface area contributed by atoms with Gasteiger partial charge in [-0.15, -0.1) is 0 Å². The van der Waals surface area contributed by atoms with Gasteiger partial charge in [-0.25, -0.2) is 0 Å². The molecule has 6 rings (SSSR count). The van der Waals surface area contributed by atoms with Crippen LogP contribution in [0.1, 0.15) is 66.9 Å². The third kappa shape index (κ3) is 2.75. The molecule has 0 N–H and O–H groups in total. The normalized spacial score (nSPS) is 23.8. The number of rotatable bonds is 3. The summed E-state index contributed by atoms with van der Waals surface area (Å²) in [4.78, 5) is 29.8. The summed E-state index contributed by atoms with van der Waals surface area (Å²) in [6.45, 7) is 4.36. The fraction of sp³-hybridized carbons (Fsp3) is 0.357. The molecule has 1 unspecified atom stereocenters. The van der Waals surface area contributed by atoms with E-state index in [-0.39, 0.29) is 22.9 Å². The van der Waals surface area contributed by atoms with Crippen molar-refractivity contribution in [2.75, 3.05) is 7.11 Å². The van der Waals surface area contributed by atoms with E-state index in [2.05, 4.69) is 24.8 Å². The largest absolute Gasteiger partial charge is 0.497 e. The van der Waals surface area contributed by atoms with Crippen molar-refractivity contribution in [3.05, 3.63) is 82.1 Å². The number of nitrogens with zero attached hydrogens (tertiary/aromatic N) is 1. The molecule has 2 aromatic carbocycles. The Morgan fingerprint density at radius 3 is 2.25 bits per heavy atom. The molecular weight excluding hydrogens is 398 g/mol. The van der Waals surface area contributed by atoms with Crippen LogP contribution in [0.15, 0.2) is 65.4 Å². The standard InChI is InChI=1S/C28H27NO3/c1-28(2)14-21-24(22(30)15-28)23(16-8-12-18(32-3)13-9-16)25-26(29(21)17-10-11-17)19-6-4-5-7-20(19)27(25)31/h4-9,12-13,17,23H,10-11,14-15H2,1-3H3. The molecule has 32 heavy (non-hydrogen) atoms. The minimum absolute atomic E-state index is 0.0613. The van der Waals surface area contributed by atoms with E-state index in [1.165, 1.54) is 0 Å². The van der Waals surface area contributed by atoms with Crippen molar-refractivity contribution in [3.63, 3.8) is 0 Å². The average Bonchev–Trinajstić information content (AvgIpc) is 3.57. The number of allylic oxidation sites excluding steroid dienone is 3. The van der Waals surface area contributed by atoms with E-state index in [1.807, 2.05) is 42.5 Å². The van der Waals surface area contributed by atoms with Crippen LogP contribution in [0.3, 0.4) is 0 Å². The SMILES string of the molecule is COc1ccc(C2C3=C(CC(C)(C)CC3=O)N(C3CC3)C3=C2C(=O)c2ccccc23)cc1. The zero-order valence-electron chi connectivity index (χ0n) is 18.8. The van der Waals surface area contributed by atoms with Crippen molar-refractivity contribution in [2.24, 2.45) is 5.41 Å². The molecule has 0 saturated heterocycles. The summed E-state index contributed by atoms with van der Waals surface area (Å²) in [6, 6.07) is 16.2. The highest BCUT2D eigenvalue weighted by Gasteiger charge is 2.51. The third-order valence-corrected chi connectivity index (χ3v) is 7.29. The summed E-state index contributed by atoms with van der Waals surface area (Å²) in [7, 11) is 1.65. The minimum atomic E-state index is -0.329. The van der Waals surface area contributed by atoms with Gasteiger partial charge in [0.05, 0.1) is 12.8 Å². The van der Waals surface area contributed by atoms with Gasteiger partial charge in [-0.2, -0.15) is 0 Å². The molecule has 3 aliphatic carbocycles. The molecule has 2 aromatic rings. The first kappa shape index (κ1) is 19.5. The number of fused-ring (bicyclic) bond motifs is 2. The Kier molecular flexibility index (Phi) is 4.08. The number of carbonyl (C=O) groups excluding carboxylic acids is 2. The Morgan fingerprint density at radius 1 is 0.906 bits per heavy atom. The molecular formula is C28H27NO3. The van der Waals surface area contributed by atoms with Crippen LogP contribution >= 0.6 is 0 Å². The average molecular weight is 426 g/mol. The number of carbonyl (C=O) groups is 2. The molecule has 0 aromatic heterocycles. The van der Waals surface area contributed by atoms with Crippen LogP contribution in [0.2, 0.25) is 0 Å². The summed E-state index contributed by atoms with van der Waals surface area (Å²) in [5, 5.41) is 0. The van der Waals surface area contributed by atoms with Gasteiger partial charge < -0.3 is 9.64 Å². The Bertz CT molecular complexity index is 1230. The predicted octanol–water partition coefficient (Wildman–Crippen LogP) is 5.51. The van der Waals surface area contributed by atoms with Crippen LogP contribution < -0.4 is 4.74 Å². The fourth-order valence-corrected chi connectivity index (χ4v) is 5.80. The number of benzene rings is 2. The second-order valence-corrected chi connectivity index (χ2v) is 10.2. The monoisotopic (exact) mass is 425 g/mol. The van der Waals surface area contributed by atoms with E-state index < -0.39 is 0 Å². The molecule has 4 heteroatoms. The summed E-state index contributed by atoms with van der Waals surface area (Å²) >= 11 is 0. The maximum Gasteiger partial charge on any atom is 0.192 e. The maximum absolute atomic E-state index is 13.8. The van der Waals surface area contributed by atoms with E-state index in [0.29, 0.717) is 12.5 Å². The molecule has 0 bridgehead atoms. The van der Waals surface area contributed by atoms with Crippen molar-refractivity contribution in [3.8, 4) is 5.75 Å². The van der Waals surface area contributed by atoms with E-state index in [1.54, 1.807) is 7.11 Å². The van der Waals surface area contributed by atoms with Crippen molar-refractivity contribution in [1.29, 1.82) is 0 Å². The number of ketones is 2. The molecule has 4 nitrogen and oxygen atoms in total. The lowest BCUT2D eigenvalue weighted by molar-refractivity contribution is -0.118. The van der Waals surface area contributed by atoms with Crippen molar-refractivity contribution < 1.29 is 14.3 Å². The van der Waals surface area contributed by atoms with E-state index in [0.717, 1.165) is 64.2 Å². The zero-order chi connectivity index (χ0) is 22.2. The lowest BCUT2D eigenvalue weighted by Crippen LogP contribution is -2.40. The number of hydrogen-bond acceptors (Lipinski definition) is 4. The Balaban J connectivity index is 1.63. The van der Waals surface area contributed by atoms with Gasteiger partial charge in [0.15, 0.2) is 11.6 Å². The third-order valence-electron chi connectivity index (χ3n) is 7.29. The molecule has 1 saturated carbocycles. The molecule has 162 valence electrons. The molecule has 1 heterocycles. The lowest BCUT2D eigenvalue weighted by atomic mass is 9.68. The van der Waals surface area contributed by atoms with Gasteiger partial charge in [0.2, 0.25) is 0 Å². The second kappa shape index (κ2) is 6.68. The first-order valence-electron chi connectivity index (χ1n) is 11.5. The molecule has 0 amide bonds. The van der Waals surface area contributed by atoms with Gasteiger partial charge in [-0.1, -0.05) is 50.2 Å². The van der Waals surface area contributed by atoms with Gasteiger partial charge in [-0.3, -0.25) is 9.59 Å². The second-order valence-electron chi connectivity index (χ2n) is 10.2. The number of Topliss-reactive ketones (excluding diaryl/α,β-unsaturated/α-hetero) is 2. The van der Waals surface area contributed by atoms with Crippen LogP contribution in [0, 0.1) is 5.41 Å². The molecule has 1 fully saturated rings. The van der Waals surface area contributed by atoms with E-state index in [9.17, 15) is 9.59 Å². The first-order valence-corrected chi connectivity index (χ1v) is 11.5. The van der Waals surface area contributed by atoms with Crippen molar-refractivity contribution >= 4 is 17.3 Å². The van der Waals surface area contributed by atoms with Gasteiger partial charge in [0.25, 0.3) is 0 Å². The molecule has 1 atom stereocenters. The molecule has 0 spiro atoms. The maximum atomic E-state index is 13.8. The van der Waals surface area contributed by atoms with Crippen LogP contribution in [0.5, 0.6) is 5.75 Å². The highest BCUT2D eigenvalue weighted by atomic mass is 16.5.